The molecule has 7 rings (SSSR count). The number of carbonyl (C=O) groups is 4. The third-order valence-corrected chi connectivity index (χ3v) is 10.8. The lowest BCUT2D eigenvalue weighted by atomic mass is 9.51. The number of imide groups is 2. The molecule has 3 aromatic rings. The minimum absolute atomic E-state index is 0.139. The average Bonchev–Trinajstić information content (AvgIpc) is 3.44. The molecule has 47 heavy (non-hydrogen) atoms. The number of hydrogen-bond donors (Lipinski definition) is 2. The van der Waals surface area contributed by atoms with Crippen molar-refractivity contribution in [3.63, 3.8) is 0 Å². The number of hydrogen-bond acceptors (Lipinski definition) is 8. The lowest BCUT2D eigenvalue weighted by Gasteiger charge is -2.49. The van der Waals surface area contributed by atoms with Gasteiger partial charge in [0.2, 0.25) is 29.4 Å². The van der Waals surface area contributed by atoms with Crippen LogP contribution in [0.3, 0.4) is 0 Å². The number of phenolic OH excluding ortho intramolecular Hbond substituents is 2. The van der Waals surface area contributed by atoms with Crippen molar-refractivity contribution < 1.29 is 38.9 Å². The maximum Gasteiger partial charge on any atom is 0.241 e. The van der Waals surface area contributed by atoms with Crippen LogP contribution in [0.5, 0.6) is 23.0 Å². The molecule has 0 aromatic heterocycles. The summed E-state index contributed by atoms with van der Waals surface area (Å²) in [5.74, 6) is -4.09. The van der Waals surface area contributed by atoms with E-state index < -0.39 is 35.0 Å². The number of likely N-dealkylation sites (tertiary alicyclic amines) is 1. The number of aromatic hydroxyl groups is 2. The van der Waals surface area contributed by atoms with Crippen molar-refractivity contribution in [2.75, 3.05) is 25.7 Å². The van der Waals surface area contributed by atoms with Gasteiger partial charge in [0.05, 0.1) is 43.1 Å². The van der Waals surface area contributed by atoms with Crippen molar-refractivity contribution in [3.8, 4) is 23.0 Å². The van der Waals surface area contributed by atoms with Crippen LogP contribution in [-0.2, 0) is 25.6 Å². The summed E-state index contributed by atoms with van der Waals surface area (Å²) >= 11 is 0. The summed E-state index contributed by atoms with van der Waals surface area (Å²) in [5, 5.41) is 20.4. The first-order valence-electron chi connectivity index (χ1n) is 15.8. The summed E-state index contributed by atoms with van der Waals surface area (Å²) in [6.45, 7) is 2.01. The normalized spacial score (nSPS) is 28.1. The van der Waals surface area contributed by atoms with Crippen LogP contribution >= 0.6 is 0 Å². The summed E-state index contributed by atoms with van der Waals surface area (Å²) < 4.78 is 11.0. The summed E-state index contributed by atoms with van der Waals surface area (Å²) in [7, 11) is 2.85. The molecule has 2 saturated heterocycles. The van der Waals surface area contributed by atoms with Gasteiger partial charge in [0, 0.05) is 12.5 Å². The number of phenols is 2. The second kappa shape index (κ2) is 11.3. The van der Waals surface area contributed by atoms with E-state index in [4.69, 9.17) is 9.47 Å². The van der Waals surface area contributed by atoms with Gasteiger partial charge in [-0.3, -0.25) is 24.1 Å². The summed E-state index contributed by atoms with van der Waals surface area (Å²) in [6.07, 6.45) is 3.00. The molecule has 2 aliphatic heterocycles. The van der Waals surface area contributed by atoms with Gasteiger partial charge in [0.25, 0.3) is 0 Å². The molecule has 2 N–H and O–H groups in total. The first kappa shape index (κ1) is 30.5. The average molecular weight is 637 g/mol. The lowest BCUT2D eigenvalue weighted by molar-refractivity contribution is -0.140. The second-order valence-electron chi connectivity index (χ2n) is 13.0. The number of para-hydroxylation sites is 1. The van der Waals surface area contributed by atoms with Crippen molar-refractivity contribution in [1.82, 2.24) is 4.90 Å². The van der Waals surface area contributed by atoms with Crippen molar-refractivity contribution in [1.29, 1.82) is 0 Å². The van der Waals surface area contributed by atoms with Gasteiger partial charge < -0.3 is 19.7 Å². The fourth-order valence-corrected chi connectivity index (χ4v) is 8.49. The molecule has 242 valence electrons. The maximum absolute atomic E-state index is 14.6. The Hall–Kier alpha value is -5.12. The molecule has 0 bridgehead atoms. The first-order chi connectivity index (χ1) is 22.6. The molecule has 2 aliphatic carbocycles. The number of fused-ring (bicyclic) bond motifs is 4. The Morgan fingerprint density at radius 2 is 1.51 bits per heavy atom. The summed E-state index contributed by atoms with van der Waals surface area (Å²) in [6, 6.07) is 18.8. The molecule has 6 atom stereocenters. The van der Waals surface area contributed by atoms with Crippen LogP contribution in [0.4, 0.5) is 5.69 Å². The largest absolute Gasteiger partial charge is 0.508 e. The third kappa shape index (κ3) is 4.52. The van der Waals surface area contributed by atoms with E-state index in [-0.39, 0.29) is 59.6 Å². The summed E-state index contributed by atoms with van der Waals surface area (Å²) in [5.41, 5.74) is 1.56. The zero-order valence-corrected chi connectivity index (χ0v) is 26.4. The van der Waals surface area contributed by atoms with E-state index in [0.29, 0.717) is 24.1 Å². The van der Waals surface area contributed by atoms with Gasteiger partial charge in [-0.15, -0.1) is 0 Å². The zero-order chi connectivity index (χ0) is 33.2. The minimum atomic E-state index is -1.24. The molecule has 10 heteroatoms. The number of allylic oxidation sites excluding steroid dienone is 2. The maximum atomic E-state index is 14.6. The topological polar surface area (TPSA) is 134 Å². The number of carbonyl (C=O) groups excluding carboxylic acids is 4. The molecule has 0 radical (unpaired) electrons. The predicted octanol–water partition coefficient (Wildman–Crippen LogP) is 4.59. The number of rotatable bonds is 7. The molecule has 2 heterocycles. The first-order valence-corrected chi connectivity index (χ1v) is 15.8. The fourth-order valence-electron chi connectivity index (χ4n) is 8.49. The van der Waals surface area contributed by atoms with Gasteiger partial charge in [-0.1, -0.05) is 42.0 Å². The van der Waals surface area contributed by atoms with Crippen LogP contribution in [0, 0.1) is 29.1 Å². The van der Waals surface area contributed by atoms with Crippen molar-refractivity contribution >= 4 is 29.3 Å². The number of anilines is 1. The van der Waals surface area contributed by atoms with Gasteiger partial charge in [-0.05, 0) is 79.6 Å². The highest BCUT2D eigenvalue weighted by molar-refractivity contribution is 6.24. The smallest absolute Gasteiger partial charge is 0.241 e. The van der Waals surface area contributed by atoms with Crippen LogP contribution in [0.2, 0.25) is 0 Å². The standard InChI is InChI=1S/C37H36N2O8/c1-37-27(34(43)39(36(37)45)22-7-5-4-6-8-22)19-26-24(31(37)21-17-28(46-2)32(41)29(18-21)47-3)13-14-25-30(26)35(44)38(33(25)42)16-15-20-9-11-23(40)12-10-20/h4-13,17-18,25-27,30-31,40-41H,14-16,19H2,1-3H3/t25-,26+,27-,30-,31-,37+/m0/s1. The Labute approximate surface area is 272 Å². The zero-order valence-electron chi connectivity index (χ0n) is 26.4. The number of benzene rings is 3. The molecule has 1 saturated carbocycles. The van der Waals surface area contributed by atoms with Crippen molar-refractivity contribution in [2.45, 2.75) is 32.1 Å². The highest BCUT2D eigenvalue weighted by Crippen LogP contribution is 2.64. The van der Waals surface area contributed by atoms with Gasteiger partial charge in [0.15, 0.2) is 11.5 Å². The Morgan fingerprint density at radius 3 is 2.15 bits per heavy atom. The highest BCUT2D eigenvalue weighted by atomic mass is 16.5. The quantitative estimate of drug-likeness (QED) is 0.284. The van der Waals surface area contributed by atoms with Crippen LogP contribution in [0.1, 0.15) is 36.8 Å². The number of amides is 4. The number of ether oxygens (including phenoxy) is 2. The molecule has 0 spiro atoms. The number of methoxy groups -OCH3 is 2. The number of nitrogens with zero attached hydrogens (tertiary/aromatic N) is 2. The van der Waals surface area contributed by atoms with E-state index in [2.05, 4.69) is 0 Å². The molecule has 3 fully saturated rings. The van der Waals surface area contributed by atoms with Gasteiger partial charge in [-0.25, -0.2) is 4.90 Å². The van der Waals surface area contributed by atoms with Gasteiger partial charge in [0.1, 0.15) is 5.75 Å². The van der Waals surface area contributed by atoms with E-state index in [1.54, 1.807) is 60.7 Å². The monoisotopic (exact) mass is 636 g/mol. The predicted molar refractivity (Wildman–Crippen MR) is 171 cm³/mol. The lowest BCUT2D eigenvalue weighted by Crippen LogP contribution is -2.48. The van der Waals surface area contributed by atoms with Crippen LogP contribution < -0.4 is 14.4 Å². The van der Waals surface area contributed by atoms with E-state index in [9.17, 15) is 29.4 Å². The second-order valence-corrected chi connectivity index (χ2v) is 13.0. The SMILES string of the molecule is COc1cc([C@H]2C3=CC[C@@H]4C(=O)N(CCc5ccc(O)cc5)C(=O)[C@@H]4[C@@H]3C[C@H]3C(=O)N(c4ccccc4)C(=O)[C@@]23C)cc(OC)c1O. The molecule has 4 aliphatic rings. The van der Waals surface area contributed by atoms with Crippen LogP contribution in [0.25, 0.3) is 0 Å². The minimum Gasteiger partial charge on any atom is -0.508 e. The van der Waals surface area contributed by atoms with E-state index in [1.807, 2.05) is 19.1 Å². The van der Waals surface area contributed by atoms with Gasteiger partial charge >= 0.3 is 0 Å². The summed E-state index contributed by atoms with van der Waals surface area (Å²) in [4.78, 5) is 59.4. The van der Waals surface area contributed by atoms with E-state index in [0.717, 1.165) is 11.1 Å². The molecule has 3 aromatic carbocycles. The van der Waals surface area contributed by atoms with E-state index in [1.165, 1.54) is 24.0 Å². The molecule has 0 unspecified atom stereocenters. The molecule has 4 amide bonds. The van der Waals surface area contributed by atoms with Crippen LogP contribution in [0.15, 0.2) is 78.4 Å². The Kier molecular flexibility index (Phi) is 7.33. The van der Waals surface area contributed by atoms with Crippen LogP contribution in [-0.4, -0.2) is 59.5 Å². The third-order valence-electron chi connectivity index (χ3n) is 10.8. The Balaban J connectivity index is 1.32. The molecular formula is C37H36N2O8. The van der Waals surface area contributed by atoms with Gasteiger partial charge in [-0.2, -0.15) is 0 Å². The molecule has 10 nitrogen and oxygen atoms in total. The fraction of sp³-hybridized carbons (Fsp3) is 0.351. The van der Waals surface area contributed by atoms with E-state index >= 15 is 0 Å². The van der Waals surface area contributed by atoms with Crippen molar-refractivity contribution in [2.24, 2.45) is 29.1 Å². The highest BCUT2D eigenvalue weighted by Gasteiger charge is 2.67. The Morgan fingerprint density at radius 1 is 0.851 bits per heavy atom. The molecular weight excluding hydrogens is 600 g/mol. The van der Waals surface area contributed by atoms with Crippen molar-refractivity contribution in [3.05, 3.63) is 89.5 Å². The Bertz CT molecular complexity index is 1790.